The molecule has 0 saturated carbocycles. The predicted molar refractivity (Wildman–Crippen MR) is 92.6 cm³/mol. The first-order valence-electron chi connectivity index (χ1n) is 8.69. The largest absolute Gasteiger partial charge is 0.497 e. The Hall–Kier alpha value is -2.23. The van der Waals surface area contributed by atoms with Crippen LogP contribution in [-0.2, 0) is 30.3 Å². The van der Waals surface area contributed by atoms with Crippen molar-refractivity contribution in [3.05, 3.63) is 29.8 Å². The summed E-state index contributed by atoms with van der Waals surface area (Å²) >= 11 is 0. The fourth-order valence-corrected chi connectivity index (χ4v) is 3.40. The Balaban J connectivity index is 3.09. The lowest BCUT2D eigenvalue weighted by Gasteiger charge is -2.33. The standard InChI is InChI=1S/C17H17F9O6S/c1-30-11-8-6-10(7-9-11)4-3-5-12(13(27)31-2)32-33(28,29)17(25,26)15(20,21)14(18,19)16(22,23)24/h6-9,12H,3-5H2,1-2H3. The van der Waals surface area contributed by atoms with Crippen LogP contribution in [0, 0.1) is 0 Å². The Morgan fingerprint density at radius 3 is 1.85 bits per heavy atom. The van der Waals surface area contributed by atoms with Crippen molar-refractivity contribution in [2.75, 3.05) is 14.2 Å². The highest BCUT2D eigenvalue weighted by atomic mass is 32.2. The van der Waals surface area contributed by atoms with Gasteiger partial charge in [-0.05, 0) is 37.0 Å². The van der Waals surface area contributed by atoms with Gasteiger partial charge in [0.15, 0.2) is 6.10 Å². The zero-order valence-electron chi connectivity index (χ0n) is 16.8. The van der Waals surface area contributed by atoms with Crippen LogP contribution in [0.15, 0.2) is 24.3 Å². The maximum atomic E-state index is 13.8. The lowest BCUT2D eigenvalue weighted by molar-refractivity contribution is -0.382. The number of methoxy groups -OCH3 is 2. The van der Waals surface area contributed by atoms with Gasteiger partial charge in [0.25, 0.3) is 0 Å². The molecule has 0 radical (unpaired) electrons. The first-order valence-corrected chi connectivity index (χ1v) is 10.1. The number of alkyl halides is 9. The predicted octanol–water partition coefficient (Wildman–Crippen LogP) is 4.33. The van der Waals surface area contributed by atoms with Crippen LogP contribution in [0.1, 0.15) is 18.4 Å². The number of benzene rings is 1. The maximum absolute atomic E-state index is 13.8. The van der Waals surface area contributed by atoms with E-state index < -0.39 is 51.9 Å². The monoisotopic (exact) mass is 520 g/mol. The van der Waals surface area contributed by atoms with Gasteiger partial charge in [-0.1, -0.05) is 12.1 Å². The van der Waals surface area contributed by atoms with Crippen molar-refractivity contribution in [3.8, 4) is 5.75 Å². The third kappa shape index (κ3) is 5.83. The van der Waals surface area contributed by atoms with Crippen LogP contribution in [0.2, 0.25) is 0 Å². The van der Waals surface area contributed by atoms with Crippen LogP contribution in [-0.4, -0.2) is 58.0 Å². The fraction of sp³-hybridized carbons (Fsp3) is 0.588. The molecule has 33 heavy (non-hydrogen) atoms. The van der Waals surface area contributed by atoms with Crippen molar-refractivity contribution in [1.82, 2.24) is 0 Å². The summed E-state index contributed by atoms with van der Waals surface area (Å²) in [5, 5.41) is -7.07. The normalized spacial score (nSPS) is 14.6. The molecule has 190 valence electrons. The summed E-state index contributed by atoms with van der Waals surface area (Å²) in [6.45, 7) is 0. The van der Waals surface area contributed by atoms with Gasteiger partial charge < -0.3 is 9.47 Å². The Kier molecular flexibility index (Phi) is 8.68. The van der Waals surface area contributed by atoms with Gasteiger partial charge in [0.05, 0.1) is 14.2 Å². The molecule has 16 heteroatoms. The van der Waals surface area contributed by atoms with Gasteiger partial charge >= 0.3 is 39.4 Å². The lowest BCUT2D eigenvalue weighted by atomic mass is 10.1. The minimum absolute atomic E-state index is 0.0690. The summed E-state index contributed by atoms with van der Waals surface area (Å²) in [4.78, 5) is 11.7. The van der Waals surface area contributed by atoms with Crippen LogP contribution in [0.4, 0.5) is 39.5 Å². The zero-order chi connectivity index (χ0) is 25.9. The second kappa shape index (κ2) is 9.95. The van der Waals surface area contributed by atoms with E-state index in [9.17, 15) is 52.7 Å². The van der Waals surface area contributed by atoms with E-state index in [1.165, 1.54) is 31.4 Å². The van der Waals surface area contributed by atoms with Crippen LogP contribution >= 0.6 is 0 Å². The number of aryl methyl sites for hydroxylation is 1. The van der Waals surface area contributed by atoms with Gasteiger partial charge in [-0.2, -0.15) is 47.9 Å². The molecule has 0 spiro atoms. The van der Waals surface area contributed by atoms with Gasteiger partial charge in [-0.3, -0.25) is 4.18 Å². The van der Waals surface area contributed by atoms with Crippen molar-refractivity contribution < 1.29 is 66.4 Å². The number of hydrogen-bond acceptors (Lipinski definition) is 6. The second-order valence-electron chi connectivity index (χ2n) is 6.47. The summed E-state index contributed by atoms with van der Waals surface area (Å²) in [6, 6.07) is 6.13. The average Bonchev–Trinajstić information content (AvgIpc) is 2.71. The first kappa shape index (κ1) is 28.8. The van der Waals surface area contributed by atoms with Crippen molar-refractivity contribution in [2.45, 2.75) is 48.6 Å². The third-order valence-corrected chi connectivity index (χ3v) is 5.60. The lowest BCUT2D eigenvalue weighted by Crippen LogP contribution is -2.63. The number of ether oxygens (including phenoxy) is 2. The highest BCUT2D eigenvalue weighted by Gasteiger charge is 2.86. The van der Waals surface area contributed by atoms with Gasteiger partial charge in [-0.25, -0.2) is 4.79 Å². The van der Waals surface area contributed by atoms with E-state index in [4.69, 9.17) is 4.74 Å². The zero-order valence-corrected chi connectivity index (χ0v) is 17.6. The summed E-state index contributed by atoms with van der Waals surface area (Å²) in [5.41, 5.74) is 0.573. The molecule has 0 saturated heterocycles. The maximum Gasteiger partial charge on any atom is 0.460 e. The van der Waals surface area contributed by atoms with E-state index in [0.29, 0.717) is 18.4 Å². The molecule has 0 heterocycles. The van der Waals surface area contributed by atoms with Gasteiger partial charge in [-0.15, -0.1) is 0 Å². The van der Waals surface area contributed by atoms with Crippen LogP contribution < -0.4 is 4.74 Å². The Labute approximate surface area is 181 Å². The molecule has 1 unspecified atom stereocenters. The number of hydrogen-bond donors (Lipinski definition) is 0. The molecule has 0 aliphatic carbocycles. The summed E-state index contributed by atoms with van der Waals surface area (Å²) < 4.78 is 153. The molecule has 1 atom stereocenters. The topological polar surface area (TPSA) is 78.9 Å². The van der Waals surface area contributed by atoms with Crippen LogP contribution in [0.5, 0.6) is 5.75 Å². The third-order valence-electron chi connectivity index (χ3n) is 4.23. The summed E-state index contributed by atoms with van der Waals surface area (Å²) in [5.74, 6) is -16.1. The highest BCUT2D eigenvalue weighted by molar-refractivity contribution is 7.87. The Morgan fingerprint density at radius 1 is 0.909 bits per heavy atom. The van der Waals surface area contributed by atoms with E-state index in [1.54, 1.807) is 0 Å². The first-order chi connectivity index (χ1) is 14.9. The average molecular weight is 520 g/mol. The number of rotatable bonds is 11. The number of halogens is 9. The molecule has 0 aliphatic heterocycles. The molecule has 0 N–H and O–H groups in total. The van der Waals surface area contributed by atoms with Gasteiger partial charge in [0.2, 0.25) is 0 Å². The highest BCUT2D eigenvalue weighted by Crippen LogP contribution is 2.55. The fourth-order valence-electron chi connectivity index (χ4n) is 2.35. The molecule has 1 aromatic carbocycles. The smallest absolute Gasteiger partial charge is 0.460 e. The molecule has 1 aromatic rings. The molecule has 0 bridgehead atoms. The van der Waals surface area contributed by atoms with Crippen molar-refractivity contribution >= 4 is 16.1 Å². The van der Waals surface area contributed by atoms with Crippen LogP contribution in [0.25, 0.3) is 0 Å². The summed E-state index contributed by atoms with van der Waals surface area (Å²) in [6.07, 6.45) is -10.6. The molecule has 6 nitrogen and oxygen atoms in total. The van der Waals surface area contributed by atoms with E-state index in [0.717, 1.165) is 0 Å². The van der Waals surface area contributed by atoms with Crippen molar-refractivity contribution in [1.29, 1.82) is 0 Å². The van der Waals surface area contributed by atoms with Gasteiger partial charge in [0.1, 0.15) is 5.75 Å². The number of esters is 1. The van der Waals surface area contributed by atoms with E-state index >= 15 is 0 Å². The van der Waals surface area contributed by atoms with Gasteiger partial charge in [0, 0.05) is 0 Å². The quantitative estimate of drug-likeness (QED) is 0.246. The molecular formula is C17H17F9O6S. The van der Waals surface area contributed by atoms with E-state index in [-0.39, 0.29) is 12.8 Å². The van der Waals surface area contributed by atoms with Crippen LogP contribution in [0.3, 0.4) is 0 Å². The summed E-state index contributed by atoms with van der Waals surface area (Å²) in [7, 11) is -5.18. The number of carbonyl (C=O) groups excluding carboxylic acids is 1. The van der Waals surface area contributed by atoms with E-state index in [1.807, 2.05) is 0 Å². The molecule has 0 aromatic heterocycles. The Morgan fingerprint density at radius 2 is 1.42 bits per heavy atom. The minimum Gasteiger partial charge on any atom is -0.497 e. The molecule has 0 fully saturated rings. The second-order valence-corrected chi connectivity index (χ2v) is 8.08. The molecule has 0 aliphatic rings. The minimum atomic E-state index is -7.47. The molecule has 0 amide bonds. The molecular weight excluding hydrogens is 503 g/mol. The molecule has 1 rings (SSSR count). The van der Waals surface area contributed by atoms with Crippen molar-refractivity contribution in [2.24, 2.45) is 0 Å². The Bertz CT molecular complexity index is 914. The number of carbonyl (C=O) groups is 1. The van der Waals surface area contributed by atoms with Crippen molar-refractivity contribution in [3.63, 3.8) is 0 Å². The SMILES string of the molecule is COC(=O)C(CCCc1ccc(OC)cc1)OS(=O)(=O)C(F)(F)C(F)(F)C(F)(F)C(F)(F)F. The van der Waals surface area contributed by atoms with E-state index in [2.05, 4.69) is 8.92 Å².